The Balaban J connectivity index is 2.79. The van der Waals surface area contributed by atoms with E-state index in [1.165, 1.54) is 0 Å². The first-order valence-electron chi connectivity index (χ1n) is 5.38. The van der Waals surface area contributed by atoms with Crippen LogP contribution >= 0.6 is 0 Å². The van der Waals surface area contributed by atoms with Gasteiger partial charge in [-0.15, -0.1) is 12.3 Å². The van der Waals surface area contributed by atoms with Gasteiger partial charge in [0.2, 0.25) is 0 Å². The molecule has 0 aliphatic heterocycles. The molecule has 0 aromatic carbocycles. The maximum atomic E-state index is 11.9. The Hall–Kier alpha value is -1.76. The molecule has 0 bridgehead atoms. The van der Waals surface area contributed by atoms with Crippen molar-refractivity contribution in [2.75, 3.05) is 11.9 Å². The second kappa shape index (κ2) is 5.96. The normalized spacial score (nSPS) is 10.1. The van der Waals surface area contributed by atoms with E-state index in [0.717, 1.165) is 0 Å². The lowest BCUT2D eigenvalue weighted by atomic mass is 10.2. The Bertz CT molecular complexity index is 429. The Labute approximate surface area is 95.7 Å². The van der Waals surface area contributed by atoms with Crippen molar-refractivity contribution >= 4 is 5.82 Å². The van der Waals surface area contributed by atoms with Crippen molar-refractivity contribution in [1.29, 1.82) is 0 Å². The molecule has 0 unspecified atom stereocenters. The summed E-state index contributed by atoms with van der Waals surface area (Å²) in [6, 6.07) is 0. The fourth-order valence-corrected chi connectivity index (χ4v) is 1.36. The van der Waals surface area contributed by atoms with Gasteiger partial charge in [-0.3, -0.25) is 4.79 Å². The van der Waals surface area contributed by atoms with Crippen molar-refractivity contribution < 1.29 is 0 Å². The molecule has 86 valence electrons. The molecule has 4 nitrogen and oxygen atoms in total. The molecule has 1 N–H and O–H groups in total. The lowest BCUT2D eigenvalue weighted by molar-refractivity contribution is 0.509. The number of anilines is 1. The molecule has 0 fully saturated rings. The van der Waals surface area contributed by atoms with E-state index in [0.29, 0.717) is 31.2 Å². The summed E-state index contributed by atoms with van der Waals surface area (Å²) < 4.78 is 1.66. The summed E-state index contributed by atoms with van der Waals surface area (Å²) in [5.41, 5.74) is -0.0896. The maximum Gasteiger partial charge on any atom is 0.293 e. The molecule has 0 aliphatic carbocycles. The quantitative estimate of drug-likeness (QED) is 0.600. The van der Waals surface area contributed by atoms with Crippen LogP contribution < -0.4 is 10.9 Å². The van der Waals surface area contributed by atoms with E-state index in [1.54, 1.807) is 17.0 Å². The van der Waals surface area contributed by atoms with Crippen LogP contribution in [0.25, 0.3) is 0 Å². The third kappa shape index (κ3) is 3.43. The highest BCUT2D eigenvalue weighted by Gasteiger charge is 2.04. The molecule has 0 spiro atoms. The number of nitrogens with zero attached hydrogens (tertiary/aromatic N) is 2. The largest absolute Gasteiger partial charge is 0.365 e. The van der Waals surface area contributed by atoms with Gasteiger partial charge in [0.25, 0.3) is 5.56 Å². The molecule has 0 saturated carbocycles. The number of nitrogens with one attached hydrogen (secondary N) is 1. The van der Waals surface area contributed by atoms with Crippen LogP contribution in [0.1, 0.15) is 20.3 Å². The molecule has 1 rings (SSSR count). The zero-order valence-electron chi connectivity index (χ0n) is 9.73. The van der Waals surface area contributed by atoms with Crippen LogP contribution in [0, 0.1) is 18.3 Å². The summed E-state index contributed by atoms with van der Waals surface area (Å²) in [4.78, 5) is 15.9. The van der Waals surface area contributed by atoms with E-state index in [4.69, 9.17) is 6.42 Å². The van der Waals surface area contributed by atoms with Gasteiger partial charge in [-0.1, -0.05) is 13.8 Å². The minimum Gasteiger partial charge on any atom is -0.365 e. The first kappa shape index (κ1) is 12.3. The highest BCUT2D eigenvalue weighted by molar-refractivity contribution is 5.30. The zero-order chi connectivity index (χ0) is 12.0. The topological polar surface area (TPSA) is 46.9 Å². The van der Waals surface area contributed by atoms with Gasteiger partial charge in [-0.05, 0) is 5.92 Å². The molecule has 16 heavy (non-hydrogen) atoms. The summed E-state index contributed by atoms with van der Waals surface area (Å²) in [5, 5.41) is 2.94. The van der Waals surface area contributed by atoms with Crippen LogP contribution in [0.15, 0.2) is 17.2 Å². The average molecular weight is 219 g/mol. The molecular weight excluding hydrogens is 202 g/mol. The third-order valence-electron chi connectivity index (χ3n) is 2.04. The van der Waals surface area contributed by atoms with Crippen LogP contribution in [-0.4, -0.2) is 16.1 Å². The van der Waals surface area contributed by atoms with Gasteiger partial charge in [-0.2, -0.15) is 0 Å². The summed E-state index contributed by atoms with van der Waals surface area (Å²) in [6.07, 6.45) is 9.05. The van der Waals surface area contributed by atoms with Crippen LogP contribution in [0.4, 0.5) is 5.82 Å². The Kier molecular flexibility index (Phi) is 4.59. The summed E-state index contributed by atoms with van der Waals surface area (Å²) in [5.74, 6) is 3.31. The number of aromatic nitrogens is 2. The summed E-state index contributed by atoms with van der Waals surface area (Å²) in [7, 11) is 0. The zero-order valence-corrected chi connectivity index (χ0v) is 9.73. The van der Waals surface area contributed by atoms with E-state index in [2.05, 4.69) is 30.1 Å². The molecule has 0 amide bonds. The van der Waals surface area contributed by atoms with Crippen LogP contribution in [0.3, 0.4) is 0 Å². The Morgan fingerprint density at radius 3 is 3.00 bits per heavy atom. The van der Waals surface area contributed by atoms with E-state index in [-0.39, 0.29) is 5.56 Å². The molecule has 1 aromatic heterocycles. The maximum absolute atomic E-state index is 11.9. The minimum atomic E-state index is -0.0896. The third-order valence-corrected chi connectivity index (χ3v) is 2.04. The SMILES string of the molecule is C#CCCNc1nccn(CC(C)C)c1=O. The first-order valence-corrected chi connectivity index (χ1v) is 5.38. The fourth-order valence-electron chi connectivity index (χ4n) is 1.36. The van der Waals surface area contributed by atoms with Gasteiger partial charge >= 0.3 is 0 Å². The van der Waals surface area contributed by atoms with Crippen molar-refractivity contribution in [2.45, 2.75) is 26.8 Å². The van der Waals surface area contributed by atoms with E-state index in [1.807, 2.05) is 0 Å². The van der Waals surface area contributed by atoms with Crippen LogP contribution in [0.2, 0.25) is 0 Å². The number of hydrogen-bond acceptors (Lipinski definition) is 3. The molecule has 4 heteroatoms. The van der Waals surface area contributed by atoms with E-state index < -0.39 is 0 Å². The van der Waals surface area contributed by atoms with Gasteiger partial charge in [0.15, 0.2) is 5.82 Å². The fraction of sp³-hybridized carbons (Fsp3) is 0.500. The second-order valence-corrected chi connectivity index (χ2v) is 4.01. The Morgan fingerprint density at radius 2 is 2.38 bits per heavy atom. The monoisotopic (exact) mass is 219 g/mol. The predicted molar refractivity (Wildman–Crippen MR) is 65.3 cm³/mol. The lowest BCUT2D eigenvalue weighted by Crippen LogP contribution is -2.26. The molecule has 1 aromatic rings. The minimum absolute atomic E-state index is 0.0896. The van der Waals surface area contributed by atoms with Crippen molar-refractivity contribution in [2.24, 2.45) is 5.92 Å². The van der Waals surface area contributed by atoms with Gasteiger partial charge < -0.3 is 9.88 Å². The summed E-state index contributed by atoms with van der Waals surface area (Å²) >= 11 is 0. The second-order valence-electron chi connectivity index (χ2n) is 4.01. The molecule has 0 radical (unpaired) electrons. The molecule has 0 aliphatic rings. The average Bonchev–Trinajstić information content (AvgIpc) is 2.23. The lowest BCUT2D eigenvalue weighted by Gasteiger charge is -2.10. The number of hydrogen-bond donors (Lipinski definition) is 1. The molecule has 0 saturated heterocycles. The van der Waals surface area contributed by atoms with Crippen molar-refractivity contribution in [3.8, 4) is 12.3 Å². The van der Waals surface area contributed by atoms with E-state index in [9.17, 15) is 4.79 Å². The molecule has 1 heterocycles. The van der Waals surface area contributed by atoms with Crippen LogP contribution in [0.5, 0.6) is 0 Å². The van der Waals surface area contributed by atoms with Crippen LogP contribution in [-0.2, 0) is 6.54 Å². The Morgan fingerprint density at radius 1 is 1.62 bits per heavy atom. The smallest absolute Gasteiger partial charge is 0.293 e. The number of terminal acetylenes is 1. The molecular formula is C12H17N3O. The predicted octanol–water partition coefficient (Wildman–Crippen LogP) is 1.33. The van der Waals surface area contributed by atoms with Crippen molar-refractivity contribution in [3.63, 3.8) is 0 Å². The van der Waals surface area contributed by atoms with Crippen molar-refractivity contribution in [1.82, 2.24) is 9.55 Å². The number of rotatable bonds is 5. The van der Waals surface area contributed by atoms with Gasteiger partial charge in [0.05, 0.1) is 0 Å². The summed E-state index contributed by atoms with van der Waals surface area (Å²) in [6.45, 7) is 5.41. The molecule has 0 atom stereocenters. The van der Waals surface area contributed by atoms with E-state index >= 15 is 0 Å². The van der Waals surface area contributed by atoms with Gasteiger partial charge in [-0.25, -0.2) is 4.98 Å². The standard InChI is InChI=1S/C12H17N3O/c1-4-5-6-13-11-12(16)15(8-7-14-11)9-10(2)3/h1,7-8,10H,5-6,9H2,2-3H3,(H,13,14). The first-order chi connectivity index (χ1) is 7.65. The van der Waals surface area contributed by atoms with Gasteiger partial charge in [0, 0.05) is 31.9 Å². The highest BCUT2D eigenvalue weighted by atomic mass is 16.1. The van der Waals surface area contributed by atoms with Crippen molar-refractivity contribution in [3.05, 3.63) is 22.7 Å². The highest BCUT2D eigenvalue weighted by Crippen LogP contribution is 1.98. The van der Waals surface area contributed by atoms with Gasteiger partial charge in [0.1, 0.15) is 0 Å².